The topological polar surface area (TPSA) is 75.4 Å². The Morgan fingerprint density at radius 1 is 1.53 bits per heavy atom. The average molecular weight is 236 g/mol. The first-order valence-corrected chi connectivity index (χ1v) is 6.06. The molecule has 1 aromatic rings. The van der Waals surface area contributed by atoms with Crippen molar-refractivity contribution < 1.29 is 14.8 Å². The molecule has 0 bridgehead atoms. The van der Waals surface area contributed by atoms with E-state index in [1.54, 1.807) is 10.9 Å². The normalized spacial score (nSPS) is 18.2. The van der Waals surface area contributed by atoms with E-state index in [-0.39, 0.29) is 6.04 Å². The lowest BCUT2D eigenvalue weighted by molar-refractivity contribution is -0.108. The number of nitrogens with zero attached hydrogens (tertiary/aromatic N) is 2. The van der Waals surface area contributed by atoms with Crippen LogP contribution in [0.1, 0.15) is 38.1 Å². The molecule has 1 heterocycles. The van der Waals surface area contributed by atoms with Crippen LogP contribution >= 0.6 is 0 Å². The fraction of sp³-hybridized carbons (Fsp3) is 0.636. The van der Waals surface area contributed by atoms with Crippen LogP contribution in [-0.2, 0) is 4.79 Å². The van der Waals surface area contributed by atoms with Gasteiger partial charge in [0, 0.05) is 24.3 Å². The second-order valence-corrected chi connectivity index (χ2v) is 4.64. The molecule has 0 aromatic carbocycles. The van der Waals surface area contributed by atoms with E-state index in [1.165, 1.54) is 19.0 Å². The van der Waals surface area contributed by atoms with Gasteiger partial charge in [0.2, 0.25) is 0 Å². The summed E-state index contributed by atoms with van der Waals surface area (Å²) in [6, 6.07) is 0.0579. The van der Waals surface area contributed by atoms with E-state index in [2.05, 4.69) is 5.10 Å². The number of carbonyl (C=O) groups is 1. The van der Waals surface area contributed by atoms with Crippen molar-refractivity contribution in [2.45, 2.75) is 38.1 Å². The van der Waals surface area contributed by atoms with Crippen molar-refractivity contribution in [2.24, 2.45) is 5.92 Å². The SMILES string of the molecule is O=CC[C@H](C1CCCC1)n1cc(B(O)O)cn1. The third-order valence-corrected chi connectivity index (χ3v) is 3.54. The molecule has 0 amide bonds. The summed E-state index contributed by atoms with van der Waals surface area (Å²) in [5.74, 6) is 0.476. The third kappa shape index (κ3) is 2.76. The quantitative estimate of drug-likeness (QED) is 0.552. The Morgan fingerprint density at radius 2 is 2.24 bits per heavy atom. The van der Waals surface area contributed by atoms with Crippen molar-refractivity contribution >= 4 is 18.9 Å². The molecule has 2 N–H and O–H groups in total. The Bertz CT molecular complexity index is 375. The molecule has 1 aliphatic rings. The zero-order valence-corrected chi connectivity index (χ0v) is 9.70. The van der Waals surface area contributed by atoms with Crippen LogP contribution in [0.4, 0.5) is 0 Å². The van der Waals surface area contributed by atoms with E-state index in [0.29, 0.717) is 17.8 Å². The van der Waals surface area contributed by atoms with Gasteiger partial charge in [0.25, 0.3) is 0 Å². The molecule has 1 aromatic heterocycles. The van der Waals surface area contributed by atoms with Crippen LogP contribution in [0.15, 0.2) is 12.4 Å². The number of rotatable bonds is 5. The van der Waals surface area contributed by atoms with Crippen LogP contribution in [0.25, 0.3) is 0 Å². The van der Waals surface area contributed by atoms with E-state index < -0.39 is 7.12 Å². The highest BCUT2D eigenvalue weighted by molar-refractivity contribution is 6.58. The Morgan fingerprint density at radius 3 is 2.76 bits per heavy atom. The van der Waals surface area contributed by atoms with Crippen molar-refractivity contribution in [2.75, 3.05) is 0 Å². The van der Waals surface area contributed by atoms with Gasteiger partial charge in [-0.15, -0.1) is 0 Å². The van der Waals surface area contributed by atoms with E-state index in [0.717, 1.165) is 19.1 Å². The summed E-state index contributed by atoms with van der Waals surface area (Å²) in [6.07, 6.45) is 9.07. The van der Waals surface area contributed by atoms with Crippen LogP contribution in [0.3, 0.4) is 0 Å². The van der Waals surface area contributed by atoms with Gasteiger partial charge >= 0.3 is 7.12 Å². The first-order valence-electron chi connectivity index (χ1n) is 6.06. The molecular formula is C11H17BN2O3. The molecule has 92 valence electrons. The van der Waals surface area contributed by atoms with Gasteiger partial charge in [-0.05, 0) is 18.8 Å². The lowest BCUT2D eigenvalue weighted by Gasteiger charge is -2.21. The average Bonchev–Trinajstić information content (AvgIpc) is 2.97. The minimum atomic E-state index is -1.50. The number of hydrogen-bond acceptors (Lipinski definition) is 4. The Labute approximate surface area is 101 Å². The molecule has 2 rings (SSSR count). The maximum atomic E-state index is 10.7. The van der Waals surface area contributed by atoms with Crippen LogP contribution in [0.2, 0.25) is 0 Å². The van der Waals surface area contributed by atoms with E-state index in [9.17, 15) is 4.79 Å². The van der Waals surface area contributed by atoms with E-state index in [4.69, 9.17) is 10.0 Å². The minimum Gasteiger partial charge on any atom is -0.423 e. The standard InChI is InChI=1S/C11H17BN2O3/c15-6-5-11(9-3-1-2-4-9)14-8-10(7-13-14)12(16)17/h6-9,11,16-17H,1-5H2/t11-/m1/s1. The summed E-state index contributed by atoms with van der Waals surface area (Å²) in [5.41, 5.74) is 0.374. The third-order valence-electron chi connectivity index (χ3n) is 3.54. The highest BCUT2D eigenvalue weighted by Gasteiger charge is 2.27. The van der Waals surface area contributed by atoms with Gasteiger partial charge in [0.05, 0.1) is 6.04 Å². The van der Waals surface area contributed by atoms with Gasteiger partial charge in [-0.3, -0.25) is 4.68 Å². The summed E-state index contributed by atoms with van der Waals surface area (Å²) in [4.78, 5) is 10.7. The van der Waals surface area contributed by atoms with E-state index >= 15 is 0 Å². The molecule has 0 unspecified atom stereocenters. The van der Waals surface area contributed by atoms with Crippen molar-refractivity contribution in [1.29, 1.82) is 0 Å². The molecule has 1 fully saturated rings. The van der Waals surface area contributed by atoms with Crippen LogP contribution in [0.5, 0.6) is 0 Å². The van der Waals surface area contributed by atoms with Gasteiger partial charge < -0.3 is 14.8 Å². The van der Waals surface area contributed by atoms with Crippen LogP contribution in [0, 0.1) is 5.92 Å². The number of aldehydes is 1. The Balaban J connectivity index is 2.15. The van der Waals surface area contributed by atoms with Crippen molar-refractivity contribution in [3.05, 3.63) is 12.4 Å². The summed E-state index contributed by atoms with van der Waals surface area (Å²) < 4.78 is 1.71. The largest absolute Gasteiger partial charge is 0.491 e. The van der Waals surface area contributed by atoms with Crippen LogP contribution < -0.4 is 5.46 Å². The van der Waals surface area contributed by atoms with Gasteiger partial charge in [-0.1, -0.05) is 12.8 Å². The lowest BCUT2D eigenvalue weighted by atomic mass is 9.83. The molecule has 0 radical (unpaired) electrons. The molecular weight excluding hydrogens is 219 g/mol. The molecule has 0 spiro atoms. The highest BCUT2D eigenvalue weighted by Crippen LogP contribution is 2.35. The van der Waals surface area contributed by atoms with Crippen molar-refractivity contribution in [1.82, 2.24) is 9.78 Å². The summed E-state index contributed by atoms with van der Waals surface area (Å²) in [7, 11) is -1.50. The highest BCUT2D eigenvalue weighted by atomic mass is 16.4. The predicted octanol–water partition coefficient (Wildman–Crippen LogP) is -0.117. The molecule has 0 saturated heterocycles. The minimum absolute atomic E-state index is 0.0579. The van der Waals surface area contributed by atoms with Gasteiger partial charge in [0.15, 0.2) is 0 Å². The van der Waals surface area contributed by atoms with Gasteiger partial charge in [-0.2, -0.15) is 5.10 Å². The molecule has 5 nitrogen and oxygen atoms in total. The molecule has 1 saturated carbocycles. The fourth-order valence-corrected chi connectivity index (χ4v) is 2.62. The maximum Gasteiger partial charge on any atom is 0.491 e. The monoisotopic (exact) mass is 236 g/mol. The molecule has 0 aliphatic heterocycles. The van der Waals surface area contributed by atoms with Gasteiger partial charge in [-0.25, -0.2) is 0 Å². The van der Waals surface area contributed by atoms with E-state index in [1.807, 2.05) is 0 Å². The number of hydrogen-bond donors (Lipinski definition) is 2. The maximum absolute atomic E-state index is 10.7. The fourth-order valence-electron chi connectivity index (χ4n) is 2.62. The Hall–Kier alpha value is -1.14. The lowest BCUT2D eigenvalue weighted by Crippen LogP contribution is -2.29. The van der Waals surface area contributed by atoms with Gasteiger partial charge in [0.1, 0.15) is 6.29 Å². The van der Waals surface area contributed by atoms with Crippen molar-refractivity contribution in [3.63, 3.8) is 0 Å². The zero-order chi connectivity index (χ0) is 12.3. The number of carbonyl (C=O) groups excluding carboxylic acids is 1. The second kappa shape index (κ2) is 5.47. The molecule has 6 heteroatoms. The summed E-state index contributed by atoms with van der Waals surface area (Å²) >= 11 is 0. The molecule has 1 atom stereocenters. The Kier molecular flexibility index (Phi) is 3.96. The first-order chi connectivity index (χ1) is 8.22. The first kappa shape index (κ1) is 12.3. The zero-order valence-electron chi connectivity index (χ0n) is 9.70. The number of aromatic nitrogens is 2. The predicted molar refractivity (Wildman–Crippen MR) is 63.7 cm³/mol. The molecule has 1 aliphatic carbocycles. The molecule has 17 heavy (non-hydrogen) atoms. The van der Waals surface area contributed by atoms with Crippen LogP contribution in [-0.4, -0.2) is 33.2 Å². The second-order valence-electron chi connectivity index (χ2n) is 4.64. The summed E-state index contributed by atoms with van der Waals surface area (Å²) in [5, 5.41) is 22.2. The smallest absolute Gasteiger partial charge is 0.423 e. The van der Waals surface area contributed by atoms with Crippen molar-refractivity contribution in [3.8, 4) is 0 Å². The summed E-state index contributed by atoms with van der Waals surface area (Å²) in [6.45, 7) is 0.